The van der Waals surface area contributed by atoms with Crippen LogP contribution in [0.15, 0.2) is 48.9 Å². The maximum Gasteiger partial charge on any atom is 0.255 e. The Morgan fingerprint density at radius 1 is 1.03 bits per heavy atom. The van der Waals surface area contributed by atoms with E-state index in [-0.39, 0.29) is 5.91 Å². The van der Waals surface area contributed by atoms with Gasteiger partial charge in [-0.25, -0.2) is 4.98 Å². The van der Waals surface area contributed by atoms with Gasteiger partial charge < -0.3 is 15.0 Å². The minimum atomic E-state index is -0.102. The van der Waals surface area contributed by atoms with Crippen molar-refractivity contribution in [3.05, 3.63) is 65.7 Å². The van der Waals surface area contributed by atoms with Crippen LogP contribution < -0.4 is 10.1 Å². The lowest BCUT2D eigenvalue weighted by molar-refractivity contribution is 0.0957. The lowest BCUT2D eigenvalue weighted by Gasteiger charge is -2.10. The van der Waals surface area contributed by atoms with E-state index >= 15 is 0 Å². The summed E-state index contributed by atoms with van der Waals surface area (Å²) < 4.78 is 5.78. The number of hydrogen-bond donors (Lipinski definition) is 2. The lowest BCUT2D eigenvalue weighted by Crippen LogP contribution is -2.24. The number of rotatable bonds is 2. The van der Waals surface area contributed by atoms with Crippen molar-refractivity contribution in [2.24, 2.45) is 0 Å². The molecule has 1 amide bonds. The predicted octanol–water partition coefficient (Wildman–Crippen LogP) is 4.03. The van der Waals surface area contributed by atoms with Crippen molar-refractivity contribution in [2.75, 3.05) is 13.2 Å². The second-order valence-corrected chi connectivity index (χ2v) is 7.23. The summed E-state index contributed by atoms with van der Waals surface area (Å²) in [5, 5.41) is 3.85. The summed E-state index contributed by atoms with van der Waals surface area (Å²) >= 11 is 0. The fourth-order valence-corrected chi connectivity index (χ4v) is 3.93. The number of aromatic nitrogens is 3. The number of aromatic amines is 1. The van der Waals surface area contributed by atoms with Gasteiger partial charge in [-0.05, 0) is 49.2 Å². The lowest BCUT2D eigenvalue weighted by atomic mass is 9.98. The number of nitrogens with one attached hydrogen (secondary N) is 2. The predicted molar refractivity (Wildman–Crippen MR) is 112 cm³/mol. The zero-order valence-corrected chi connectivity index (χ0v) is 16.2. The first kappa shape index (κ1) is 17.4. The van der Waals surface area contributed by atoms with Crippen LogP contribution in [-0.2, 0) is 0 Å². The number of carbonyl (C=O) groups excluding carboxylic acids is 1. The Balaban J connectivity index is 1.65. The summed E-state index contributed by atoms with van der Waals surface area (Å²) in [6.45, 7) is 5.06. The first-order chi connectivity index (χ1) is 14.1. The number of aryl methyl sites for hydroxylation is 2. The van der Waals surface area contributed by atoms with Gasteiger partial charge >= 0.3 is 0 Å². The topological polar surface area (TPSA) is 79.9 Å². The molecule has 2 N–H and O–H groups in total. The number of pyridine rings is 2. The molecule has 6 nitrogen and oxygen atoms in total. The Morgan fingerprint density at radius 3 is 2.79 bits per heavy atom. The minimum Gasteiger partial charge on any atom is -0.491 e. The van der Waals surface area contributed by atoms with Gasteiger partial charge in [-0.3, -0.25) is 9.78 Å². The highest BCUT2D eigenvalue weighted by molar-refractivity contribution is 6.00. The van der Waals surface area contributed by atoms with Crippen molar-refractivity contribution in [3.63, 3.8) is 0 Å². The van der Waals surface area contributed by atoms with Gasteiger partial charge in [0.05, 0.1) is 12.1 Å². The van der Waals surface area contributed by atoms with E-state index in [0.717, 1.165) is 39.0 Å². The number of fused-ring (bicyclic) bond motifs is 2. The number of nitrogens with zero attached hydrogens (tertiary/aromatic N) is 2. The second kappa shape index (κ2) is 6.74. The number of H-pyrrole nitrogens is 1. The summed E-state index contributed by atoms with van der Waals surface area (Å²) in [5.41, 5.74) is 7.66. The van der Waals surface area contributed by atoms with Crippen LogP contribution >= 0.6 is 0 Å². The van der Waals surface area contributed by atoms with E-state index in [9.17, 15) is 4.79 Å². The van der Waals surface area contributed by atoms with Crippen molar-refractivity contribution in [1.29, 1.82) is 0 Å². The average Bonchev–Trinajstić information content (AvgIpc) is 3.05. The highest BCUT2D eigenvalue weighted by Gasteiger charge is 2.18. The molecule has 0 fully saturated rings. The molecule has 5 rings (SSSR count). The highest BCUT2D eigenvalue weighted by Crippen LogP contribution is 2.35. The maximum absolute atomic E-state index is 12.2. The van der Waals surface area contributed by atoms with Gasteiger partial charge in [0.2, 0.25) is 0 Å². The molecule has 4 heterocycles. The van der Waals surface area contributed by atoms with E-state index in [2.05, 4.69) is 33.3 Å². The fourth-order valence-electron chi connectivity index (χ4n) is 3.93. The minimum absolute atomic E-state index is 0.102. The van der Waals surface area contributed by atoms with Crippen LogP contribution in [0.2, 0.25) is 0 Å². The van der Waals surface area contributed by atoms with E-state index < -0.39 is 0 Å². The first-order valence-corrected chi connectivity index (χ1v) is 9.57. The van der Waals surface area contributed by atoms with Crippen LogP contribution in [0.3, 0.4) is 0 Å². The molecule has 4 aromatic rings. The smallest absolute Gasteiger partial charge is 0.255 e. The zero-order chi connectivity index (χ0) is 20.0. The Morgan fingerprint density at radius 2 is 1.93 bits per heavy atom. The van der Waals surface area contributed by atoms with Gasteiger partial charge in [0.25, 0.3) is 5.91 Å². The van der Waals surface area contributed by atoms with Crippen molar-refractivity contribution in [1.82, 2.24) is 20.3 Å². The Bertz CT molecular complexity index is 1240. The molecule has 0 spiro atoms. The van der Waals surface area contributed by atoms with E-state index in [1.54, 1.807) is 0 Å². The third kappa shape index (κ3) is 2.93. The van der Waals surface area contributed by atoms with Crippen molar-refractivity contribution >= 4 is 16.9 Å². The standard InChI is InChI=1S/C23H20N4O2/c1-13-5-6-24-14(2)21(13)16-9-18-19(12-27-22(18)26-11-16)15-3-4-17-20(10-15)29-8-7-25-23(17)28/h3-6,9-12H,7-8H2,1-2H3,(H,25,28)(H,26,27). The molecular weight excluding hydrogens is 364 g/mol. The molecule has 0 unspecified atom stereocenters. The monoisotopic (exact) mass is 384 g/mol. The van der Waals surface area contributed by atoms with Crippen LogP contribution in [-0.4, -0.2) is 34.0 Å². The van der Waals surface area contributed by atoms with Crippen molar-refractivity contribution in [2.45, 2.75) is 13.8 Å². The number of hydrogen-bond acceptors (Lipinski definition) is 4. The van der Waals surface area contributed by atoms with Crippen LogP contribution in [0.5, 0.6) is 5.75 Å². The summed E-state index contributed by atoms with van der Waals surface area (Å²) in [6.07, 6.45) is 5.65. The molecule has 1 aliphatic rings. The van der Waals surface area contributed by atoms with Gasteiger partial charge in [0.15, 0.2) is 0 Å². The van der Waals surface area contributed by atoms with Gasteiger partial charge in [-0.1, -0.05) is 6.07 Å². The maximum atomic E-state index is 12.2. The van der Waals surface area contributed by atoms with E-state index in [4.69, 9.17) is 4.74 Å². The summed E-state index contributed by atoms with van der Waals surface area (Å²) in [7, 11) is 0. The molecule has 3 aromatic heterocycles. The molecule has 144 valence electrons. The van der Waals surface area contributed by atoms with Crippen LogP contribution in [0.4, 0.5) is 0 Å². The largest absolute Gasteiger partial charge is 0.491 e. The normalized spacial score (nSPS) is 13.5. The van der Waals surface area contributed by atoms with E-state index in [0.29, 0.717) is 24.5 Å². The molecule has 0 bridgehead atoms. The fraction of sp³-hybridized carbons (Fsp3) is 0.174. The summed E-state index contributed by atoms with van der Waals surface area (Å²) in [4.78, 5) is 24.5. The molecule has 0 saturated heterocycles. The average molecular weight is 384 g/mol. The summed E-state index contributed by atoms with van der Waals surface area (Å²) in [6, 6.07) is 9.85. The van der Waals surface area contributed by atoms with Gasteiger partial charge in [0, 0.05) is 46.4 Å². The number of amides is 1. The highest BCUT2D eigenvalue weighted by atomic mass is 16.5. The van der Waals surface area contributed by atoms with E-state index in [1.165, 1.54) is 5.56 Å². The molecule has 6 heteroatoms. The van der Waals surface area contributed by atoms with Gasteiger partial charge in [0.1, 0.15) is 18.0 Å². The number of carbonyl (C=O) groups is 1. The zero-order valence-electron chi connectivity index (χ0n) is 16.2. The number of ether oxygens (including phenoxy) is 1. The SMILES string of the molecule is Cc1ccnc(C)c1-c1cnc2[nH]cc(-c3ccc4c(c3)OCCNC4=O)c2c1. The quantitative estimate of drug-likeness (QED) is 0.547. The van der Waals surface area contributed by atoms with E-state index in [1.807, 2.05) is 49.8 Å². The molecule has 29 heavy (non-hydrogen) atoms. The first-order valence-electron chi connectivity index (χ1n) is 9.57. The Hall–Kier alpha value is -3.67. The molecule has 0 radical (unpaired) electrons. The molecule has 1 aromatic carbocycles. The van der Waals surface area contributed by atoms with Crippen LogP contribution in [0.25, 0.3) is 33.3 Å². The molecule has 0 atom stereocenters. The third-order valence-electron chi connectivity index (χ3n) is 5.35. The van der Waals surface area contributed by atoms with Crippen molar-refractivity contribution in [3.8, 4) is 28.0 Å². The van der Waals surface area contributed by atoms with Crippen LogP contribution in [0, 0.1) is 13.8 Å². The van der Waals surface area contributed by atoms with Gasteiger partial charge in [-0.15, -0.1) is 0 Å². The second-order valence-electron chi connectivity index (χ2n) is 7.23. The molecule has 0 saturated carbocycles. The number of benzene rings is 1. The molecule has 0 aliphatic carbocycles. The Labute approximate surface area is 168 Å². The van der Waals surface area contributed by atoms with Crippen LogP contribution in [0.1, 0.15) is 21.6 Å². The third-order valence-corrected chi connectivity index (χ3v) is 5.35. The summed E-state index contributed by atoms with van der Waals surface area (Å²) in [5.74, 6) is 0.504. The van der Waals surface area contributed by atoms with Crippen molar-refractivity contribution < 1.29 is 9.53 Å². The molecule has 1 aliphatic heterocycles. The molecular formula is C23H20N4O2. The Kier molecular flexibility index (Phi) is 4.05. The van der Waals surface area contributed by atoms with Gasteiger partial charge in [-0.2, -0.15) is 0 Å².